The highest BCUT2D eigenvalue weighted by Crippen LogP contribution is 1.96. The Kier molecular flexibility index (Phi) is 5.79. The van der Waals surface area contributed by atoms with Crippen LogP contribution in [0.1, 0.15) is 12.0 Å². The zero-order valence-electron chi connectivity index (χ0n) is 11.5. The Morgan fingerprint density at radius 1 is 1.25 bits per heavy atom. The molecule has 1 heterocycles. The number of nitrogens with zero attached hydrogens (tertiary/aromatic N) is 2. The molecule has 0 saturated carbocycles. The van der Waals surface area contributed by atoms with Gasteiger partial charge in [0.15, 0.2) is 0 Å². The van der Waals surface area contributed by atoms with Crippen LogP contribution < -0.4 is 10.6 Å². The molecule has 0 unspecified atom stereocenters. The van der Waals surface area contributed by atoms with Crippen molar-refractivity contribution in [2.45, 2.75) is 19.5 Å². The Hall–Kier alpha value is -2.14. The van der Waals surface area contributed by atoms with Crippen LogP contribution in [0.3, 0.4) is 0 Å². The molecule has 5 nitrogen and oxygen atoms in total. The van der Waals surface area contributed by atoms with Gasteiger partial charge in [0.05, 0.1) is 12.9 Å². The molecule has 0 radical (unpaired) electrons. The summed E-state index contributed by atoms with van der Waals surface area (Å²) in [6, 6.07) is 9.90. The Bertz CT molecular complexity index is 496. The van der Waals surface area contributed by atoms with Crippen molar-refractivity contribution in [1.82, 2.24) is 20.2 Å². The van der Waals surface area contributed by atoms with E-state index in [4.69, 9.17) is 0 Å². The van der Waals surface area contributed by atoms with Gasteiger partial charge in [0.25, 0.3) is 0 Å². The highest BCUT2D eigenvalue weighted by molar-refractivity contribution is 5.77. The summed E-state index contributed by atoms with van der Waals surface area (Å²) < 4.78 is 2.02. The average molecular weight is 272 g/mol. The Morgan fingerprint density at radius 2 is 2.10 bits per heavy atom. The summed E-state index contributed by atoms with van der Waals surface area (Å²) >= 11 is 0. The van der Waals surface area contributed by atoms with Gasteiger partial charge in [-0.15, -0.1) is 0 Å². The standard InChI is InChI=1S/C15H20N4O/c20-15(18-11-14-5-2-1-3-6-14)12-16-7-4-9-19-10-8-17-13-19/h1-3,5-6,8,10,13,16H,4,7,9,11-12H2,(H,18,20). The molecule has 1 aromatic carbocycles. The van der Waals surface area contributed by atoms with Crippen LogP contribution in [-0.4, -0.2) is 28.5 Å². The minimum absolute atomic E-state index is 0.0245. The second-order valence-corrected chi connectivity index (χ2v) is 4.59. The number of imidazole rings is 1. The SMILES string of the molecule is O=C(CNCCCn1ccnc1)NCc1ccccc1. The Labute approximate surface area is 119 Å². The molecule has 0 bridgehead atoms. The highest BCUT2D eigenvalue weighted by Gasteiger charge is 2.00. The lowest BCUT2D eigenvalue weighted by Gasteiger charge is -2.07. The fourth-order valence-electron chi connectivity index (χ4n) is 1.87. The van der Waals surface area contributed by atoms with Gasteiger partial charge in [-0.25, -0.2) is 4.98 Å². The number of hydrogen-bond donors (Lipinski definition) is 2. The number of hydrogen-bond acceptors (Lipinski definition) is 3. The maximum atomic E-state index is 11.6. The van der Waals surface area contributed by atoms with Gasteiger partial charge < -0.3 is 15.2 Å². The van der Waals surface area contributed by atoms with Crippen molar-refractivity contribution in [3.8, 4) is 0 Å². The molecule has 5 heteroatoms. The molecule has 0 saturated heterocycles. The number of aryl methyl sites for hydroxylation is 1. The smallest absolute Gasteiger partial charge is 0.234 e. The lowest BCUT2D eigenvalue weighted by molar-refractivity contribution is -0.120. The van der Waals surface area contributed by atoms with Gasteiger partial charge in [0.2, 0.25) is 5.91 Å². The van der Waals surface area contributed by atoms with E-state index in [2.05, 4.69) is 15.6 Å². The monoisotopic (exact) mass is 272 g/mol. The number of rotatable bonds is 8. The molecule has 2 rings (SSSR count). The quantitative estimate of drug-likeness (QED) is 0.709. The normalized spacial score (nSPS) is 10.4. The first-order valence-corrected chi connectivity index (χ1v) is 6.81. The fraction of sp³-hybridized carbons (Fsp3) is 0.333. The Balaban J connectivity index is 1.52. The van der Waals surface area contributed by atoms with E-state index in [1.807, 2.05) is 41.1 Å². The van der Waals surface area contributed by atoms with Crippen molar-refractivity contribution < 1.29 is 4.79 Å². The van der Waals surface area contributed by atoms with E-state index in [0.29, 0.717) is 13.1 Å². The van der Waals surface area contributed by atoms with Crippen molar-refractivity contribution in [3.63, 3.8) is 0 Å². The van der Waals surface area contributed by atoms with Crippen LogP contribution >= 0.6 is 0 Å². The lowest BCUT2D eigenvalue weighted by Crippen LogP contribution is -2.34. The highest BCUT2D eigenvalue weighted by atomic mass is 16.1. The summed E-state index contributed by atoms with van der Waals surface area (Å²) in [6.45, 7) is 2.67. The summed E-state index contributed by atoms with van der Waals surface area (Å²) in [5.74, 6) is 0.0245. The van der Waals surface area contributed by atoms with E-state index in [9.17, 15) is 4.79 Å². The number of benzene rings is 1. The van der Waals surface area contributed by atoms with E-state index in [0.717, 1.165) is 25.1 Å². The first kappa shape index (κ1) is 14.3. The molecule has 0 aliphatic rings. The second kappa shape index (κ2) is 8.12. The summed E-state index contributed by atoms with van der Waals surface area (Å²) in [4.78, 5) is 15.6. The van der Waals surface area contributed by atoms with Crippen LogP contribution in [0.5, 0.6) is 0 Å². The molecule has 0 atom stereocenters. The number of carbonyl (C=O) groups excluding carboxylic acids is 1. The maximum absolute atomic E-state index is 11.6. The summed E-state index contributed by atoms with van der Waals surface area (Å²) in [7, 11) is 0. The minimum Gasteiger partial charge on any atom is -0.351 e. The van der Waals surface area contributed by atoms with Gasteiger partial charge in [0.1, 0.15) is 0 Å². The Morgan fingerprint density at radius 3 is 2.85 bits per heavy atom. The summed E-state index contributed by atoms with van der Waals surface area (Å²) in [5, 5.41) is 6.02. The molecule has 0 aliphatic heterocycles. The summed E-state index contributed by atoms with van der Waals surface area (Å²) in [6.07, 6.45) is 6.48. The minimum atomic E-state index is 0.0245. The van der Waals surface area contributed by atoms with Gasteiger partial charge in [-0.3, -0.25) is 4.79 Å². The van der Waals surface area contributed by atoms with Crippen LogP contribution in [0, 0.1) is 0 Å². The zero-order chi connectivity index (χ0) is 14.0. The number of aromatic nitrogens is 2. The van der Waals surface area contributed by atoms with Crippen molar-refractivity contribution in [1.29, 1.82) is 0 Å². The number of nitrogens with one attached hydrogen (secondary N) is 2. The predicted octanol–water partition coefficient (Wildman–Crippen LogP) is 1.18. The van der Waals surface area contributed by atoms with E-state index < -0.39 is 0 Å². The zero-order valence-corrected chi connectivity index (χ0v) is 11.5. The van der Waals surface area contributed by atoms with Crippen LogP contribution in [-0.2, 0) is 17.9 Å². The van der Waals surface area contributed by atoms with Gasteiger partial charge in [-0.1, -0.05) is 30.3 Å². The molecule has 0 spiro atoms. The molecule has 106 valence electrons. The molecule has 1 aromatic heterocycles. The van der Waals surface area contributed by atoms with Crippen molar-refractivity contribution in [3.05, 3.63) is 54.6 Å². The molecule has 0 fully saturated rings. The first-order chi connectivity index (χ1) is 9.84. The molecular weight excluding hydrogens is 252 g/mol. The van der Waals surface area contributed by atoms with Gasteiger partial charge in [-0.05, 0) is 18.5 Å². The van der Waals surface area contributed by atoms with Gasteiger partial charge >= 0.3 is 0 Å². The third-order valence-corrected chi connectivity index (χ3v) is 2.95. The van der Waals surface area contributed by atoms with Crippen LogP contribution in [0.2, 0.25) is 0 Å². The van der Waals surface area contributed by atoms with E-state index in [1.165, 1.54) is 0 Å². The van der Waals surface area contributed by atoms with E-state index in [1.54, 1.807) is 12.5 Å². The van der Waals surface area contributed by atoms with Crippen molar-refractivity contribution in [2.24, 2.45) is 0 Å². The topological polar surface area (TPSA) is 59.0 Å². The third kappa shape index (κ3) is 5.24. The maximum Gasteiger partial charge on any atom is 0.234 e. The van der Waals surface area contributed by atoms with E-state index in [-0.39, 0.29) is 5.91 Å². The fourth-order valence-corrected chi connectivity index (χ4v) is 1.87. The van der Waals surface area contributed by atoms with Crippen LogP contribution in [0.15, 0.2) is 49.1 Å². The molecule has 2 N–H and O–H groups in total. The predicted molar refractivity (Wildman–Crippen MR) is 78.0 cm³/mol. The van der Waals surface area contributed by atoms with Crippen LogP contribution in [0.4, 0.5) is 0 Å². The molecule has 1 amide bonds. The molecule has 0 aliphatic carbocycles. The molecule has 20 heavy (non-hydrogen) atoms. The molecule has 2 aromatic rings. The lowest BCUT2D eigenvalue weighted by atomic mass is 10.2. The van der Waals surface area contributed by atoms with E-state index >= 15 is 0 Å². The van der Waals surface area contributed by atoms with Gasteiger partial charge in [0, 0.05) is 25.5 Å². The van der Waals surface area contributed by atoms with Crippen molar-refractivity contribution >= 4 is 5.91 Å². The molecular formula is C15H20N4O. The first-order valence-electron chi connectivity index (χ1n) is 6.81. The van der Waals surface area contributed by atoms with Crippen molar-refractivity contribution in [2.75, 3.05) is 13.1 Å². The largest absolute Gasteiger partial charge is 0.351 e. The van der Waals surface area contributed by atoms with Gasteiger partial charge in [-0.2, -0.15) is 0 Å². The van der Waals surface area contributed by atoms with Crippen LogP contribution in [0.25, 0.3) is 0 Å². The second-order valence-electron chi connectivity index (χ2n) is 4.59. The average Bonchev–Trinajstić information content (AvgIpc) is 2.99. The third-order valence-electron chi connectivity index (χ3n) is 2.95. The number of amides is 1. The number of carbonyl (C=O) groups is 1. The summed E-state index contributed by atoms with van der Waals surface area (Å²) in [5.41, 5.74) is 1.11.